The lowest BCUT2D eigenvalue weighted by Gasteiger charge is -2.19. The summed E-state index contributed by atoms with van der Waals surface area (Å²) in [5.74, 6) is 0.459. The lowest BCUT2D eigenvalue weighted by atomic mass is 10.1. The number of hydrogen-bond donors (Lipinski definition) is 1. The molecule has 0 spiro atoms. The van der Waals surface area contributed by atoms with E-state index in [1.165, 1.54) is 0 Å². The van der Waals surface area contributed by atoms with Gasteiger partial charge in [0.2, 0.25) is 0 Å². The van der Waals surface area contributed by atoms with Gasteiger partial charge in [-0.1, -0.05) is 12.1 Å². The molecule has 1 aliphatic heterocycles. The molecule has 1 aromatic rings. The molecule has 0 aliphatic carbocycles. The molecule has 0 atom stereocenters. The molecule has 4 heteroatoms. The lowest BCUT2D eigenvalue weighted by molar-refractivity contribution is -0.118. The van der Waals surface area contributed by atoms with E-state index in [4.69, 9.17) is 10.00 Å². The molecule has 0 unspecified atom stereocenters. The maximum absolute atomic E-state index is 11.1. The average molecular weight is 188 g/mol. The van der Waals surface area contributed by atoms with Crippen LogP contribution < -0.4 is 10.1 Å². The van der Waals surface area contributed by atoms with Gasteiger partial charge in [-0.2, -0.15) is 5.26 Å². The van der Waals surface area contributed by atoms with Crippen LogP contribution in [0.4, 0.5) is 5.69 Å². The van der Waals surface area contributed by atoms with Gasteiger partial charge >= 0.3 is 0 Å². The molecule has 14 heavy (non-hydrogen) atoms. The molecule has 2 rings (SSSR count). The zero-order chi connectivity index (χ0) is 9.97. The molecule has 1 amide bonds. The number of nitrogens with zero attached hydrogens (tertiary/aromatic N) is 1. The number of fused-ring (bicyclic) bond motifs is 1. The molecule has 0 bridgehead atoms. The first-order chi connectivity index (χ1) is 6.81. The molecule has 1 aromatic carbocycles. The van der Waals surface area contributed by atoms with Crippen molar-refractivity contribution in [2.24, 2.45) is 0 Å². The number of para-hydroxylation sites is 1. The normalized spacial score (nSPS) is 13.5. The fourth-order valence-corrected chi connectivity index (χ4v) is 1.39. The minimum absolute atomic E-state index is 0.0446. The van der Waals surface area contributed by atoms with Crippen LogP contribution in [-0.2, 0) is 11.2 Å². The van der Waals surface area contributed by atoms with Gasteiger partial charge in [-0.25, -0.2) is 0 Å². The Labute approximate surface area is 81.1 Å². The van der Waals surface area contributed by atoms with E-state index in [0.29, 0.717) is 11.4 Å². The van der Waals surface area contributed by atoms with Crippen molar-refractivity contribution in [3.05, 3.63) is 23.8 Å². The summed E-state index contributed by atoms with van der Waals surface area (Å²) < 4.78 is 5.20. The highest BCUT2D eigenvalue weighted by Gasteiger charge is 2.18. The number of ether oxygens (including phenoxy) is 1. The predicted molar refractivity (Wildman–Crippen MR) is 49.9 cm³/mol. The smallest absolute Gasteiger partial charge is 0.262 e. The largest absolute Gasteiger partial charge is 0.482 e. The topological polar surface area (TPSA) is 62.1 Å². The zero-order valence-electron chi connectivity index (χ0n) is 7.41. The summed E-state index contributed by atoms with van der Waals surface area (Å²) in [4.78, 5) is 11.1. The number of nitriles is 1. The molecule has 0 aromatic heterocycles. The van der Waals surface area contributed by atoms with Crippen molar-refractivity contribution in [1.82, 2.24) is 0 Å². The van der Waals surface area contributed by atoms with E-state index in [-0.39, 0.29) is 18.9 Å². The molecule has 0 saturated carbocycles. The Morgan fingerprint density at radius 2 is 2.43 bits per heavy atom. The number of nitrogens with one attached hydrogen (secondary N) is 1. The monoisotopic (exact) mass is 188 g/mol. The molecular formula is C10H8N2O2. The van der Waals surface area contributed by atoms with Crippen LogP contribution in [0.25, 0.3) is 0 Å². The summed E-state index contributed by atoms with van der Waals surface area (Å²) in [5, 5.41) is 11.3. The molecule has 1 N–H and O–H groups in total. The zero-order valence-corrected chi connectivity index (χ0v) is 7.41. The van der Waals surface area contributed by atoms with Crippen LogP contribution in [0.3, 0.4) is 0 Å². The van der Waals surface area contributed by atoms with E-state index in [1.807, 2.05) is 12.1 Å². The van der Waals surface area contributed by atoms with Gasteiger partial charge in [-0.3, -0.25) is 4.79 Å². The fraction of sp³-hybridized carbons (Fsp3) is 0.200. The van der Waals surface area contributed by atoms with Crippen molar-refractivity contribution in [3.63, 3.8) is 0 Å². The van der Waals surface area contributed by atoms with E-state index in [1.54, 1.807) is 12.1 Å². The maximum Gasteiger partial charge on any atom is 0.262 e. The second-order valence-corrected chi connectivity index (χ2v) is 2.96. The number of amides is 1. The van der Waals surface area contributed by atoms with E-state index < -0.39 is 0 Å². The third kappa shape index (κ3) is 1.40. The fourth-order valence-electron chi connectivity index (χ4n) is 1.39. The van der Waals surface area contributed by atoms with Crippen LogP contribution in [0.15, 0.2) is 18.2 Å². The highest BCUT2D eigenvalue weighted by molar-refractivity contribution is 5.96. The highest BCUT2D eigenvalue weighted by atomic mass is 16.5. The SMILES string of the molecule is N#CCc1cccc2c1NC(=O)CO2. The summed E-state index contributed by atoms with van der Waals surface area (Å²) in [6, 6.07) is 7.43. The quantitative estimate of drug-likeness (QED) is 0.717. The Kier molecular flexibility index (Phi) is 2.07. The van der Waals surface area contributed by atoms with E-state index in [0.717, 1.165) is 5.56 Å². The molecule has 0 fully saturated rings. The molecular weight excluding hydrogens is 180 g/mol. The number of hydrogen-bond acceptors (Lipinski definition) is 3. The van der Waals surface area contributed by atoms with Gasteiger partial charge in [0, 0.05) is 0 Å². The van der Waals surface area contributed by atoms with E-state index in [9.17, 15) is 4.79 Å². The second-order valence-electron chi connectivity index (χ2n) is 2.96. The van der Waals surface area contributed by atoms with E-state index in [2.05, 4.69) is 5.32 Å². The lowest BCUT2D eigenvalue weighted by Crippen LogP contribution is -2.26. The van der Waals surface area contributed by atoms with Crippen molar-refractivity contribution in [3.8, 4) is 11.8 Å². The molecule has 0 radical (unpaired) electrons. The van der Waals surface area contributed by atoms with Crippen LogP contribution in [0.2, 0.25) is 0 Å². The Balaban J connectivity index is 2.44. The van der Waals surface area contributed by atoms with Crippen molar-refractivity contribution in [2.75, 3.05) is 11.9 Å². The Bertz CT molecular complexity index is 421. The molecule has 0 saturated heterocycles. The minimum Gasteiger partial charge on any atom is -0.482 e. The molecule has 70 valence electrons. The first-order valence-electron chi connectivity index (χ1n) is 4.23. The third-order valence-corrected chi connectivity index (χ3v) is 2.01. The summed E-state index contributed by atoms with van der Waals surface area (Å²) in [7, 11) is 0. The second kappa shape index (κ2) is 3.38. The van der Waals surface area contributed by atoms with Gasteiger partial charge in [-0.15, -0.1) is 0 Å². The van der Waals surface area contributed by atoms with Crippen LogP contribution in [0.1, 0.15) is 5.56 Å². The van der Waals surface area contributed by atoms with Crippen LogP contribution >= 0.6 is 0 Å². The summed E-state index contributed by atoms with van der Waals surface area (Å²) >= 11 is 0. The highest BCUT2D eigenvalue weighted by Crippen LogP contribution is 2.31. The standard InChI is InChI=1S/C10H8N2O2/c11-5-4-7-2-1-3-8-10(7)12-9(13)6-14-8/h1-3H,4,6H2,(H,12,13). The Morgan fingerprint density at radius 3 is 3.21 bits per heavy atom. The van der Waals surface area contributed by atoms with Crippen molar-refractivity contribution < 1.29 is 9.53 Å². The number of rotatable bonds is 1. The van der Waals surface area contributed by atoms with Crippen molar-refractivity contribution in [1.29, 1.82) is 5.26 Å². The summed E-state index contributed by atoms with van der Waals surface area (Å²) in [6.07, 6.45) is 0.271. The van der Waals surface area contributed by atoms with Crippen LogP contribution in [-0.4, -0.2) is 12.5 Å². The number of anilines is 1. The Hall–Kier alpha value is -2.02. The number of benzene rings is 1. The van der Waals surface area contributed by atoms with Crippen molar-refractivity contribution >= 4 is 11.6 Å². The van der Waals surface area contributed by atoms with Gasteiger partial charge in [-0.05, 0) is 11.6 Å². The molecule has 4 nitrogen and oxygen atoms in total. The van der Waals surface area contributed by atoms with E-state index >= 15 is 0 Å². The van der Waals surface area contributed by atoms with Crippen LogP contribution in [0, 0.1) is 11.3 Å². The van der Waals surface area contributed by atoms with Gasteiger partial charge in [0.15, 0.2) is 6.61 Å². The number of carbonyl (C=O) groups excluding carboxylic acids is 1. The predicted octanol–water partition coefficient (Wildman–Crippen LogP) is 1.08. The summed E-state index contributed by atoms with van der Waals surface area (Å²) in [6.45, 7) is 0.0446. The molecule has 1 heterocycles. The first-order valence-corrected chi connectivity index (χ1v) is 4.23. The molecule has 1 aliphatic rings. The van der Waals surface area contributed by atoms with Gasteiger partial charge in [0.25, 0.3) is 5.91 Å². The number of carbonyl (C=O) groups is 1. The third-order valence-electron chi connectivity index (χ3n) is 2.01. The van der Waals surface area contributed by atoms with Gasteiger partial charge < -0.3 is 10.1 Å². The first kappa shape index (κ1) is 8.57. The minimum atomic E-state index is -0.178. The van der Waals surface area contributed by atoms with Gasteiger partial charge in [0.05, 0.1) is 18.2 Å². The van der Waals surface area contributed by atoms with Crippen molar-refractivity contribution in [2.45, 2.75) is 6.42 Å². The summed E-state index contributed by atoms with van der Waals surface area (Å²) in [5.41, 5.74) is 1.42. The van der Waals surface area contributed by atoms with Crippen LogP contribution in [0.5, 0.6) is 5.75 Å². The average Bonchev–Trinajstić information content (AvgIpc) is 2.19. The maximum atomic E-state index is 11.1. The van der Waals surface area contributed by atoms with Gasteiger partial charge in [0.1, 0.15) is 5.75 Å². The Morgan fingerprint density at radius 1 is 1.57 bits per heavy atom.